The molecule has 1 aliphatic rings. The van der Waals surface area contributed by atoms with Gasteiger partial charge in [-0.05, 0) is 42.5 Å². The fourth-order valence-electron chi connectivity index (χ4n) is 3.12. The maximum Gasteiger partial charge on any atom is 0.258 e. The van der Waals surface area contributed by atoms with E-state index in [0.717, 1.165) is 0 Å². The summed E-state index contributed by atoms with van der Waals surface area (Å²) in [5.74, 6) is -0.301. The molecule has 0 atom stereocenters. The molecule has 0 aliphatic carbocycles. The number of amides is 1. The minimum absolute atomic E-state index is 0.129. The normalized spacial score (nSPS) is 14.2. The average molecular weight is 498 g/mol. The van der Waals surface area contributed by atoms with E-state index in [-0.39, 0.29) is 29.0 Å². The third-order valence-corrected chi connectivity index (χ3v) is 7.61. The van der Waals surface area contributed by atoms with Crippen LogP contribution in [-0.4, -0.2) is 35.1 Å². The van der Waals surface area contributed by atoms with Crippen molar-refractivity contribution in [3.63, 3.8) is 0 Å². The molecule has 0 unspecified atom stereocenters. The molecule has 7 nitrogen and oxygen atoms in total. The van der Waals surface area contributed by atoms with Crippen molar-refractivity contribution in [3.05, 3.63) is 80.6 Å². The Labute approximate surface area is 194 Å². The van der Waals surface area contributed by atoms with E-state index in [9.17, 15) is 13.2 Å². The third kappa shape index (κ3) is 4.68. The molecule has 3 aromatic rings. The molecule has 0 radical (unpaired) electrons. The molecule has 0 fully saturated rings. The highest BCUT2D eigenvalue weighted by molar-refractivity contribution is 7.89. The Morgan fingerprint density at radius 1 is 1.03 bits per heavy atom. The molecule has 11 heteroatoms. The Kier molecular flexibility index (Phi) is 6.18. The van der Waals surface area contributed by atoms with Crippen LogP contribution in [0.25, 0.3) is 0 Å². The topological polar surface area (TPSA) is 92.3 Å². The predicted molar refractivity (Wildman–Crippen MR) is 119 cm³/mol. The lowest BCUT2D eigenvalue weighted by Crippen LogP contribution is -2.36. The average Bonchev–Trinajstić information content (AvgIpc) is 2.75. The summed E-state index contributed by atoms with van der Waals surface area (Å²) in [6.45, 7) is 0.399. The molecular formula is C20H15Cl3N4O3S. The SMILES string of the molecule is O=C(Nc1ncc2c(n1)CCN(S(=O)(=O)c1ccc(Cl)cc1)C2)c1ccc(Cl)c(Cl)c1. The van der Waals surface area contributed by atoms with Crippen LogP contribution >= 0.6 is 34.8 Å². The van der Waals surface area contributed by atoms with E-state index in [1.54, 1.807) is 6.07 Å². The van der Waals surface area contributed by atoms with Gasteiger partial charge in [0.15, 0.2) is 0 Å². The van der Waals surface area contributed by atoms with E-state index in [4.69, 9.17) is 34.8 Å². The molecular weight excluding hydrogens is 483 g/mol. The van der Waals surface area contributed by atoms with Crippen LogP contribution < -0.4 is 5.32 Å². The molecule has 0 spiro atoms. The first kappa shape index (κ1) is 22.0. The number of nitrogens with one attached hydrogen (secondary N) is 1. The zero-order valence-corrected chi connectivity index (χ0v) is 18.9. The maximum absolute atomic E-state index is 12.9. The number of hydrogen-bond acceptors (Lipinski definition) is 5. The van der Waals surface area contributed by atoms with Crippen molar-refractivity contribution in [2.24, 2.45) is 0 Å². The first-order valence-electron chi connectivity index (χ1n) is 9.11. The van der Waals surface area contributed by atoms with Gasteiger partial charge in [0, 0.05) is 41.9 Å². The summed E-state index contributed by atoms with van der Waals surface area (Å²) in [7, 11) is -3.67. The van der Waals surface area contributed by atoms with Crippen LogP contribution in [-0.2, 0) is 23.0 Å². The summed E-state index contributed by atoms with van der Waals surface area (Å²) < 4.78 is 27.2. The van der Waals surface area contributed by atoms with Gasteiger partial charge < -0.3 is 0 Å². The molecule has 31 heavy (non-hydrogen) atoms. The van der Waals surface area contributed by atoms with Gasteiger partial charge in [-0.2, -0.15) is 4.31 Å². The largest absolute Gasteiger partial charge is 0.290 e. The molecule has 2 heterocycles. The van der Waals surface area contributed by atoms with Gasteiger partial charge >= 0.3 is 0 Å². The summed E-state index contributed by atoms with van der Waals surface area (Å²) in [6, 6.07) is 10.6. The minimum Gasteiger partial charge on any atom is -0.290 e. The molecule has 0 saturated carbocycles. The lowest BCUT2D eigenvalue weighted by molar-refractivity contribution is 0.102. The fourth-order valence-corrected chi connectivity index (χ4v) is 4.97. The number of sulfonamides is 1. The van der Waals surface area contributed by atoms with Crippen molar-refractivity contribution >= 4 is 56.7 Å². The second-order valence-electron chi connectivity index (χ2n) is 6.79. The Morgan fingerprint density at radius 3 is 2.48 bits per heavy atom. The highest BCUT2D eigenvalue weighted by Crippen LogP contribution is 2.26. The lowest BCUT2D eigenvalue weighted by atomic mass is 10.1. The highest BCUT2D eigenvalue weighted by Gasteiger charge is 2.29. The highest BCUT2D eigenvalue weighted by atomic mass is 35.5. The number of halogens is 3. The molecule has 0 saturated heterocycles. The predicted octanol–water partition coefficient (Wildman–Crippen LogP) is 4.44. The van der Waals surface area contributed by atoms with Gasteiger partial charge in [-0.25, -0.2) is 18.4 Å². The van der Waals surface area contributed by atoms with Crippen molar-refractivity contribution in [3.8, 4) is 0 Å². The molecule has 1 aliphatic heterocycles. The number of hydrogen-bond donors (Lipinski definition) is 1. The monoisotopic (exact) mass is 496 g/mol. The van der Waals surface area contributed by atoms with Crippen LogP contribution in [0.2, 0.25) is 15.1 Å². The summed E-state index contributed by atoms with van der Waals surface area (Å²) in [6.07, 6.45) is 1.91. The standard InChI is InChI=1S/C20H15Cl3N4O3S/c21-14-2-4-15(5-3-14)31(29,30)27-8-7-18-13(11-27)10-24-20(25-18)26-19(28)12-1-6-16(22)17(23)9-12/h1-6,9-10H,7-8,11H2,(H,24,25,26,28). The summed E-state index contributed by atoms with van der Waals surface area (Å²) >= 11 is 17.7. The summed E-state index contributed by atoms with van der Waals surface area (Å²) in [4.78, 5) is 21.1. The number of nitrogens with zero attached hydrogens (tertiary/aromatic N) is 3. The first-order chi connectivity index (χ1) is 14.7. The van der Waals surface area contributed by atoms with E-state index in [2.05, 4.69) is 15.3 Å². The van der Waals surface area contributed by atoms with Gasteiger partial charge in [0.05, 0.1) is 20.6 Å². The number of anilines is 1. The Balaban J connectivity index is 1.50. The molecule has 0 bridgehead atoms. The summed E-state index contributed by atoms with van der Waals surface area (Å²) in [5, 5.41) is 3.70. The van der Waals surface area contributed by atoms with Crippen molar-refractivity contribution in [2.75, 3.05) is 11.9 Å². The summed E-state index contributed by atoms with van der Waals surface area (Å²) in [5.41, 5.74) is 1.68. The Morgan fingerprint density at radius 2 is 1.77 bits per heavy atom. The molecule has 1 amide bonds. The zero-order valence-electron chi connectivity index (χ0n) is 15.8. The number of carbonyl (C=O) groups is 1. The number of benzene rings is 2. The smallest absolute Gasteiger partial charge is 0.258 e. The van der Waals surface area contributed by atoms with Gasteiger partial charge in [-0.3, -0.25) is 10.1 Å². The molecule has 4 rings (SSSR count). The van der Waals surface area contributed by atoms with Gasteiger partial charge in [-0.15, -0.1) is 0 Å². The Hall–Kier alpha value is -2.23. The zero-order chi connectivity index (χ0) is 22.2. The molecule has 160 valence electrons. The third-order valence-electron chi connectivity index (χ3n) is 4.76. The first-order valence-corrected chi connectivity index (χ1v) is 11.7. The van der Waals surface area contributed by atoms with Crippen LogP contribution in [0.5, 0.6) is 0 Å². The van der Waals surface area contributed by atoms with Gasteiger partial charge in [-0.1, -0.05) is 34.8 Å². The molecule has 1 aromatic heterocycles. The van der Waals surface area contributed by atoms with Crippen LogP contribution in [0.15, 0.2) is 53.6 Å². The quantitative estimate of drug-likeness (QED) is 0.575. The fraction of sp³-hybridized carbons (Fsp3) is 0.150. The number of rotatable bonds is 4. The second kappa shape index (κ2) is 8.72. The molecule has 2 aromatic carbocycles. The van der Waals surface area contributed by atoms with Crippen molar-refractivity contribution in [1.82, 2.24) is 14.3 Å². The lowest BCUT2D eigenvalue weighted by Gasteiger charge is -2.27. The van der Waals surface area contributed by atoms with Crippen molar-refractivity contribution in [2.45, 2.75) is 17.9 Å². The second-order valence-corrected chi connectivity index (χ2v) is 9.98. The maximum atomic E-state index is 12.9. The van der Waals surface area contributed by atoms with E-state index >= 15 is 0 Å². The van der Waals surface area contributed by atoms with E-state index in [1.807, 2.05) is 0 Å². The number of fused-ring (bicyclic) bond motifs is 1. The van der Waals surface area contributed by atoms with Gasteiger partial charge in [0.1, 0.15) is 0 Å². The van der Waals surface area contributed by atoms with E-state index in [0.29, 0.717) is 33.3 Å². The van der Waals surface area contributed by atoms with Crippen LogP contribution in [0, 0.1) is 0 Å². The Bertz CT molecular complexity index is 1270. The van der Waals surface area contributed by atoms with Crippen LogP contribution in [0.3, 0.4) is 0 Å². The molecule has 1 N–H and O–H groups in total. The van der Waals surface area contributed by atoms with Gasteiger partial charge in [0.25, 0.3) is 5.91 Å². The van der Waals surface area contributed by atoms with Crippen molar-refractivity contribution in [1.29, 1.82) is 0 Å². The van der Waals surface area contributed by atoms with Gasteiger partial charge in [0.2, 0.25) is 16.0 Å². The van der Waals surface area contributed by atoms with E-state index < -0.39 is 15.9 Å². The minimum atomic E-state index is -3.67. The van der Waals surface area contributed by atoms with Crippen LogP contribution in [0.1, 0.15) is 21.6 Å². The number of aromatic nitrogens is 2. The van der Waals surface area contributed by atoms with Crippen molar-refractivity contribution < 1.29 is 13.2 Å². The van der Waals surface area contributed by atoms with E-state index in [1.165, 1.54) is 46.9 Å². The number of carbonyl (C=O) groups excluding carboxylic acids is 1. The van der Waals surface area contributed by atoms with Crippen LogP contribution in [0.4, 0.5) is 5.95 Å².